The van der Waals surface area contributed by atoms with Crippen molar-refractivity contribution in [1.82, 2.24) is 9.55 Å². The Hall–Kier alpha value is -2.86. The number of hydrogen-bond donors (Lipinski definition) is 0. The average Bonchev–Trinajstić information content (AvgIpc) is 2.92. The Kier molecular flexibility index (Phi) is 4.25. The van der Waals surface area contributed by atoms with E-state index in [2.05, 4.69) is 30.6 Å². The van der Waals surface area contributed by atoms with Gasteiger partial charge in [0.15, 0.2) is 5.82 Å². The van der Waals surface area contributed by atoms with Gasteiger partial charge in [-0.1, -0.05) is 56.3 Å². The predicted octanol–water partition coefficient (Wildman–Crippen LogP) is 4.76. The molecular formula is C20H19N3. The first-order valence-electron chi connectivity index (χ1n) is 7.81. The summed E-state index contributed by atoms with van der Waals surface area (Å²) in [5.41, 5.74) is 3.60. The van der Waals surface area contributed by atoms with E-state index in [4.69, 9.17) is 4.98 Å². The van der Waals surface area contributed by atoms with Crippen LogP contribution in [0.3, 0.4) is 0 Å². The highest BCUT2D eigenvalue weighted by Gasteiger charge is 2.15. The molecule has 0 atom stereocenters. The summed E-state index contributed by atoms with van der Waals surface area (Å²) in [6.45, 7) is 5.18. The minimum absolute atomic E-state index is 0.475. The van der Waals surface area contributed by atoms with Gasteiger partial charge in [0.05, 0.1) is 16.6 Å². The molecule has 3 aromatic rings. The molecule has 0 spiro atoms. The molecule has 3 nitrogen and oxygen atoms in total. The number of imidazole rings is 1. The molecule has 1 heterocycles. The Morgan fingerprint density at radius 3 is 2.52 bits per heavy atom. The molecule has 0 fully saturated rings. The van der Waals surface area contributed by atoms with Gasteiger partial charge in [0.1, 0.15) is 6.07 Å². The summed E-state index contributed by atoms with van der Waals surface area (Å²) in [4.78, 5) is 4.71. The van der Waals surface area contributed by atoms with Gasteiger partial charge in [0.25, 0.3) is 0 Å². The maximum Gasteiger partial charge on any atom is 0.151 e. The van der Waals surface area contributed by atoms with Gasteiger partial charge in [0.2, 0.25) is 0 Å². The highest BCUT2D eigenvalue weighted by atomic mass is 15.1. The summed E-state index contributed by atoms with van der Waals surface area (Å²) >= 11 is 0. The quantitative estimate of drug-likeness (QED) is 0.652. The van der Waals surface area contributed by atoms with Gasteiger partial charge in [-0.25, -0.2) is 4.98 Å². The van der Waals surface area contributed by atoms with Gasteiger partial charge in [-0.2, -0.15) is 5.26 Å². The zero-order chi connectivity index (χ0) is 16.2. The number of fused-ring (bicyclic) bond motifs is 1. The summed E-state index contributed by atoms with van der Waals surface area (Å²) < 4.78 is 2.15. The smallest absolute Gasteiger partial charge is 0.151 e. The lowest BCUT2D eigenvalue weighted by Crippen LogP contribution is -2.08. The van der Waals surface area contributed by atoms with E-state index < -0.39 is 0 Å². The molecule has 0 aliphatic heterocycles. The number of nitriles is 1. The largest absolute Gasteiger partial charge is 0.323 e. The van der Waals surface area contributed by atoms with Crippen LogP contribution in [-0.4, -0.2) is 9.55 Å². The maximum absolute atomic E-state index is 9.65. The van der Waals surface area contributed by atoms with E-state index in [0.717, 1.165) is 29.0 Å². The van der Waals surface area contributed by atoms with Gasteiger partial charge in [-0.3, -0.25) is 0 Å². The lowest BCUT2D eigenvalue weighted by Gasteiger charge is -2.11. The van der Waals surface area contributed by atoms with Crippen molar-refractivity contribution in [2.75, 3.05) is 0 Å². The predicted molar refractivity (Wildman–Crippen MR) is 94.5 cm³/mol. The minimum atomic E-state index is 0.475. The van der Waals surface area contributed by atoms with Crippen molar-refractivity contribution in [2.45, 2.75) is 20.4 Å². The molecule has 0 amide bonds. The summed E-state index contributed by atoms with van der Waals surface area (Å²) in [5, 5.41) is 9.65. The van der Waals surface area contributed by atoms with Crippen LogP contribution in [0.5, 0.6) is 0 Å². The van der Waals surface area contributed by atoms with Crippen LogP contribution in [0.2, 0.25) is 0 Å². The van der Waals surface area contributed by atoms with Crippen LogP contribution < -0.4 is 0 Å². The van der Waals surface area contributed by atoms with Crippen LogP contribution in [0, 0.1) is 17.2 Å². The normalized spacial score (nSPS) is 11.8. The molecule has 0 radical (unpaired) electrons. The van der Waals surface area contributed by atoms with Crippen molar-refractivity contribution in [3.63, 3.8) is 0 Å². The van der Waals surface area contributed by atoms with Crippen LogP contribution in [0.1, 0.15) is 25.2 Å². The van der Waals surface area contributed by atoms with Crippen LogP contribution in [0.25, 0.3) is 22.7 Å². The van der Waals surface area contributed by atoms with E-state index >= 15 is 0 Å². The van der Waals surface area contributed by atoms with E-state index in [0.29, 0.717) is 11.5 Å². The molecule has 0 bridgehead atoms. The van der Waals surface area contributed by atoms with Crippen molar-refractivity contribution in [3.05, 3.63) is 66.0 Å². The van der Waals surface area contributed by atoms with Crippen LogP contribution >= 0.6 is 0 Å². The molecule has 114 valence electrons. The van der Waals surface area contributed by atoms with Gasteiger partial charge >= 0.3 is 0 Å². The monoisotopic (exact) mass is 301 g/mol. The lowest BCUT2D eigenvalue weighted by molar-refractivity contribution is 0.529. The second-order valence-electron chi connectivity index (χ2n) is 6.01. The highest BCUT2D eigenvalue weighted by Crippen LogP contribution is 2.24. The summed E-state index contributed by atoms with van der Waals surface area (Å²) in [7, 11) is 0. The van der Waals surface area contributed by atoms with Gasteiger partial charge in [0, 0.05) is 6.54 Å². The van der Waals surface area contributed by atoms with Crippen molar-refractivity contribution in [2.24, 2.45) is 5.92 Å². The number of hydrogen-bond acceptors (Lipinski definition) is 2. The molecule has 0 saturated carbocycles. The van der Waals surface area contributed by atoms with E-state index in [1.54, 1.807) is 0 Å². The molecule has 3 heteroatoms. The van der Waals surface area contributed by atoms with Gasteiger partial charge in [-0.15, -0.1) is 0 Å². The van der Waals surface area contributed by atoms with Crippen molar-refractivity contribution in [3.8, 4) is 6.07 Å². The molecular weight excluding hydrogens is 282 g/mol. The summed E-state index contributed by atoms with van der Waals surface area (Å²) in [5.74, 6) is 1.22. The molecule has 0 aliphatic carbocycles. The Morgan fingerprint density at radius 2 is 1.83 bits per heavy atom. The maximum atomic E-state index is 9.65. The molecule has 3 rings (SSSR count). The Bertz CT molecular complexity index is 880. The van der Waals surface area contributed by atoms with Crippen LogP contribution in [0.4, 0.5) is 0 Å². The molecule has 0 saturated heterocycles. The number of nitrogens with zero attached hydrogens (tertiary/aromatic N) is 3. The lowest BCUT2D eigenvalue weighted by atomic mass is 10.1. The third kappa shape index (κ3) is 3.17. The van der Waals surface area contributed by atoms with Crippen LogP contribution in [0.15, 0.2) is 54.6 Å². The van der Waals surface area contributed by atoms with Gasteiger partial charge in [-0.05, 0) is 29.7 Å². The second-order valence-corrected chi connectivity index (χ2v) is 6.01. The topological polar surface area (TPSA) is 41.6 Å². The molecule has 0 aliphatic rings. The molecule has 23 heavy (non-hydrogen) atoms. The fourth-order valence-electron chi connectivity index (χ4n) is 2.69. The van der Waals surface area contributed by atoms with Crippen LogP contribution in [-0.2, 0) is 6.54 Å². The third-order valence-electron chi connectivity index (χ3n) is 3.67. The minimum Gasteiger partial charge on any atom is -0.323 e. The Labute approximate surface area is 136 Å². The van der Waals surface area contributed by atoms with Crippen molar-refractivity contribution < 1.29 is 0 Å². The van der Waals surface area contributed by atoms with E-state index in [1.165, 1.54) is 0 Å². The van der Waals surface area contributed by atoms with E-state index in [1.807, 2.05) is 54.6 Å². The molecule has 1 aromatic heterocycles. The molecule has 0 N–H and O–H groups in total. The first-order chi connectivity index (χ1) is 11.2. The molecule has 2 aromatic carbocycles. The Balaban J connectivity index is 2.17. The first-order valence-corrected chi connectivity index (χ1v) is 7.81. The number of allylic oxidation sites excluding steroid dienone is 1. The van der Waals surface area contributed by atoms with Gasteiger partial charge < -0.3 is 4.57 Å². The average molecular weight is 301 g/mol. The van der Waals surface area contributed by atoms with Crippen molar-refractivity contribution >= 4 is 22.7 Å². The second kappa shape index (κ2) is 6.50. The summed E-state index contributed by atoms with van der Waals surface area (Å²) in [6.07, 6.45) is 1.90. The fourth-order valence-corrected chi connectivity index (χ4v) is 2.69. The first kappa shape index (κ1) is 15.1. The number of rotatable bonds is 4. The number of aromatic nitrogens is 2. The SMILES string of the molecule is CC(C)Cn1c(/C(C#N)=C/c2ccccc2)nc2ccccc21. The zero-order valence-electron chi connectivity index (χ0n) is 13.4. The number of para-hydroxylation sites is 2. The standard InChI is InChI=1S/C20H19N3/c1-15(2)14-23-19-11-7-6-10-18(19)22-20(23)17(13-21)12-16-8-4-3-5-9-16/h3-12,15H,14H2,1-2H3/b17-12+. The Morgan fingerprint density at radius 1 is 1.13 bits per heavy atom. The fraction of sp³-hybridized carbons (Fsp3) is 0.200. The van der Waals surface area contributed by atoms with E-state index in [-0.39, 0.29) is 0 Å². The third-order valence-corrected chi connectivity index (χ3v) is 3.67. The highest BCUT2D eigenvalue weighted by molar-refractivity contribution is 5.90. The van der Waals surface area contributed by atoms with E-state index in [9.17, 15) is 5.26 Å². The van der Waals surface area contributed by atoms with Crippen molar-refractivity contribution in [1.29, 1.82) is 5.26 Å². The number of benzene rings is 2. The summed E-state index contributed by atoms with van der Waals surface area (Å²) in [6, 6.07) is 20.3. The zero-order valence-corrected chi connectivity index (χ0v) is 13.4. The molecule has 0 unspecified atom stereocenters.